The number of rotatable bonds is 3. The van der Waals surface area contributed by atoms with Crippen LogP contribution in [0, 0.1) is 0 Å². The first kappa shape index (κ1) is 12.3. The minimum atomic E-state index is -0.483. The van der Waals surface area contributed by atoms with Crippen molar-refractivity contribution < 1.29 is 9.47 Å². The molecule has 3 N–H and O–H groups in total. The fraction of sp³-hybridized carbons (Fsp3) is 0.0909. The SMILES string of the molecule is COc1ccc(N)c(Oc2nc[nH]c(=O)c2Cl)c1. The summed E-state index contributed by atoms with van der Waals surface area (Å²) in [4.78, 5) is 17.4. The van der Waals surface area contributed by atoms with Gasteiger partial charge in [0, 0.05) is 6.07 Å². The molecule has 0 fully saturated rings. The van der Waals surface area contributed by atoms with E-state index in [9.17, 15) is 4.79 Å². The summed E-state index contributed by atoms with van der Waals surface area (Å²) < 4.78 is 10.4. The van der Waals surface area contributed by atoms with Crippen LogP contribution in [0.3, 0.4) is 0 Å². The molecule has 0 amide bonds. The van der Waals surface area contributed by atoms with Gasteiger partial charge < -0.3 is 20.2 Å². The van der Waals surface area contributed by atoms with Crippen molar-refractivity contribution in [2.24, 2.45) is 0 Å². The number of anilines is 1. The van der Waals surface area contributed by atoms with Gasteiger partial charge in [-0.2, -0.15) is 0 Å². The molecule has 0 aliphatic rings. The van der Waals surface area contributed by atoms with Crippen molar-refractivity contribution in [2.45, 2.75) is 0 Å². The lowest BCUT2D eigenvalue weighted by Crippen LogP contribution is -2.08. The molecule has 0 saturated carbocycles. The van der Waals surface area contributed by atoms with Crippen molar-refractivity contribution in [1.82, 2.24) is 9.97 Å². The summed E-state index contributed by atoms with van der Waals surface area (Å²) in [5, 5.41) is -0.139. The van der Waals surface area contributed by atoms with Crippen molar-refractivity contribution >= 4 is 17.3 Å². The Balaban J connectivity index is 2.39. The smallest absolute Gasteiger partial charge is 0.273 e. The van der Waals surface area contributed by atoms with Crippen molar-refractivity contribution in [2.75, 3.05) is 12.8 Å². The molecule has 1 aromatic heterocycles. The molecule has 0 saturated heterocycles. The van der Waals surface area contributed by atoms with Crippen LogP contribution >= 0.6 is 11.6 Å². The van der Waals surface area contributed by atoms with Gasteiger partial charge in [-0.3, -0.25) is 4.79 Å². The molecule has 0 aliphatic heterocycles. The summed E-state index contributed by atoms with van der Waals surface area (Å²) in [5.74, 6) is 0.870. The molecule has 0 radical (unpaired) electrons. The number of aromatic nitrogens is 2. The average Bonchev–Trinajstić information content (AvgIpc) is 2.37. The number of hydrogen-bond donors (Lipinski definition) is 2. The monoisotopic (exact) mass is 267 g/mol. The zero-order valence-corrected chi connectivity index (χ0v) is 10.2. The van der Waals surface area contributed by atoms with Gasteiger partial charge in [0.1, 0.15) is 5.75 Å². The highest BCUT2D eigenvalue weighted by atomic mass is 35.5. The van der Waals surface area contributed by atoms with Crippen LogP contribution in [0.2, 0.25) is 5.02 Å². The molecule has 0 aliphatic carbocycles. The van der Waals surface area contributed by atoms with E-state index in [1.54, 1.807) is 18.2 Å². The maximum Gasteiger partial charge on any atom is 0.273 e. The number of nitrogens with one attached hydrogen (secondary N) is 1. The maximum absolute atomic E-state index is 11.3. The Bertz CT molecular complexity index is 627. The van der Waals surface area contributed by atoms with Crippen LogP contribution in [-0.4, -0.2) is 17.1 Å². The van der Waals surface area contributed by atoms with Crippen LogP contribution < -0.4 is 20.8 Å². The second kappa shape index (κ2) is 4.97. The van der Waals surface area contributed by atoms with E-state index in [2.05, 4.69) is 9.97 Å². The highest BCUT2D eigenvalue weighted by Crippen LogP contribution is 2.31. The Morgan fingerprint density at radius 2 is 2.22 bits per heavy atom. The molecule has 0 unspecified atom stereocenters. The average molecular weight is 268 g/mol. The fourth-order valence-corrected chi connectivity index (χ4v) is 1.41. The molecule has 7 heteroatoms. The number of methoxy groups -OCH3 is 1. The van der Waals surface area contributed by atoms with E-state index >= 15 is 0 Å². The van der Waals surface area contributed by atoms with Gasteiger partial charge in [-0.05, 0) is 12.1 Å². The van der Waals surface area contributed by atoms with Crippen molar-refractivity contribution in [1.29, 1.82) is 0 Å². The highest BCUT2D eigenvalue weighted by Gasteiger charge is 2.11. The summed E-state index contributed by atoms with van der Waals surface area (Å²) >= 11 is 5.77. The van der Waals surface area contributed by atoms with E-state index in [0.29, 0.717) is 17.2 Å². The summed E-state index contributed by atoms with van der Waals surface area (Å²) in [6.45, 7) is 0. The number of halogens is 1. The van der Waals surface area contributed by atoms with Crippen LogP contribution in [0.15, 0.2) is 29.3 Å². The van der Waals surface area contributed by atoms with Crippen molar-refractivity contribution in [3.63, 3.8) is 0 Å². The van der Waals surface area contributed by atoms with E-state index < -0.39 is 5.56 Å². The Kier molecular flexibility index (Phi) is 3.38. The second-order valence-corrected chi connectivity index (χ2v) is 3.73. The first-order valence-electron chi connectivity index (χ1n) is 4.96. The minimum Gasteiger partial charge on any atom is -0.497 e. The van der Waals surface area contributed by atoms with Gasteiger partial charge in [-0.25, -0.2) is 4.98 Å². The van der Waals surface area contributed by atoms with Crippen molar-refractivity contribution in [3.05, 3.63) is 39.9 Å². The van der Waals surface area contributed by atoms with Crippen molar-refractivity contribution in [3.8, 4) is 17.4 Å². The Hall–Kier alpha value is -2.21. The van der Waals surface area contributed by atoms with Gasteiger partial charge in [0.05, 0.1) is 19.1 Å². The molecule has 0 bridgehead atoms. The minimum absolute atomic E-state index is 0.0135. The maximum atomic E-state index is 11.3. The molecular weight excluding hydrogens is 258 g/mol. The van der Waals surface area contributed by atoms with Crippen LogP contribution in [0.4, 0.5) is 5.69 Å². The fourth-order valence-electron chi connectivity index (χ4n) is 1.27. The summed E-state index contributed by atoms with van der Waals surface area (Å²) in [5.41, 5.74) is 5.64. The Morgan fingerprint density at radius 1 is 1.44 bits per heavy atom. The highest BCUT2D eigenvalue weighted by molar-refractivity contribution is 6.31. The molecule has 94 valence electrons. The number of nitrogen functional groups attached to an aromatic ring is 1. The lowest BCUT2D eigenvalue weighted by molar-refractivity contribution is 0.407. The second-order valence-electron chi connectivity index (χ2n) is 3.36. The normalized spacial score (nSPS) is 10.1. The van der Waals surface area contributed by atoms with Crippen LogP contribution in [0.5, 0.6) is 17.4 Å². The molecule has 1 heterocycles. The Morgan fingerprint density at radius 3 is 2.94 bits per heavy atom. The molecule has 0 spiro atoms. The number of benzene rings is 1. The predicted molar refractivity (Wildman–Crippen MR) is 67.3 cm³/mol. The lowest BCUT2D eigenvalue weighted by Gasteiger charge is -2.09. The number of nitrogens with zero attached hydrogens (tertiary/aromatic N) is 1. The van der Waals surface area contributed by atoms with Gasteiger partial charge in [0.15, 0.2) is 10.8 Å². The number of nitrogens with two attached hydrogens (primary N) is 1. The third-order valence-electron chi connectivity index (χ3n) is 2.19. The third-order valence-corrected chi connectivity index (χ3v) is 2.53. The van der Waals surface area contributed by atoms with E-state index in [0.717, 1.165) is 0 Å². The summed E-state index contributed by atoms with van der Waals surface area (Å²) in [7, 11) is 1.52. The first-order chi connectivity index (χ1) is 8.61. The molecule has 2 rings (SSSR count). The zero-order chi connectivity index (χ0) is 13.1. The molecule has 6 nitrogen and oxygen atoms in total. The molecule has 18 heavy (non-hydrogen) atoms. The lowest BCUT2D eigenvalue weighted by atomic mass is 10.3. The summed E-state index contributed by atoms with van der Waals surface area (Å²) in [6, 6.07) is 4.89. The van der Waals surface area contributed by atoms with Crippen LogP contribution in [0.25, 0.3) is 0 Å². The van der Waals surface area contributed by atoms with Gasteiger partial charge >= 0.3 is 0 Å². The predicted octanol–water partition coefficient (Wildman–Crippen LogP) is 1.81. The number of hydrogen-bond acceptors (Lipinski definition) is 5. The summed E-state index contributed by atoms with van der Waals surface area (Å²) in [6.07, 6.45) is 1.19. The zero-order valence-electron chi connectivity index (χ0n) is 9.44. The topological polar surface area (TPSA) is 90.2 Å². The van der Waals surface area contributed by atoms with Gasteiger partial charge in [0.25, 0.3) is 5.56 Å². The number of H-pyrrole nitrogens is 1. The quantitative estimate of drug-likeness (QED) is 0.828. The molecule has 0 atom stereocenters. The van der Waals surface area contributed by atoms with E-state index in [4.69, 9.17) is 26.8 Å². The standard InChI is InChI=1S/C11H10ClN3O3/c1-17-6-2-3-7(13)8(4-6)18-11-9(12)10(16)14-5-15-11/h2-5H,13H2,1H3,(H,14,15,16). The van der Waals surface area contributed by atoms with E-state index in [1.165, 1.54) is 13.4 Å². The van der Waals surface area contributed by atoms with E-state index in [1.807, 2.05) is 0 Å². The van der Waals surface area contributed by atoms with Crippen LogP contribution in [-0.2, 0) is 0 Å². The third kappa shape index (κ3) is 2.38. The van der Waals surface area contributed by atoms with E-state index in [-0.39, 0.29) is 10.9 Å². The number of ether oxygens (including phenoxy) is 2. The molecule has 1 aromatic carbocycles. The van der Waals surface area contributed by atoms with Gasteiger partial charge in [-0.1, -0.05) is 11.6 Å². The molecular formula is C11H10ClN3O3. The number of aromatic amines is 1. The largest absolute Gasteiger partial charge is 0.497 e. The first-order valence-corrected chi connectivity index (χ1v) is 5.34. The molecule has 2 aromatic rings. The Labute approximate surface area is 107 Å². The van der Waals surface area contributed by atoms with Crippen LogP contribution in [0.1, 0.15) is 0 Å². The van der Waals surface area contributed by atoms with Gasteiger partial charge in [0.2, 0.25) is 5.88 Å². The van der Waals surface area contributed by atoms with Gasteiger partial charge in [-0.15, -0.1) is 0 Å².